The molecule has 5 nitrogen and oxygen atoms in total. The lowest BCUT2D eigenvalue weighted by atomic mass is 10.0. The van der Waals surface area contributed by atoms with Gasteiger partial charge in [0.05, 0.1) is 10.6 Å². The lowest BCUT2D eigenvalue weighted by molar-refractivity contribution is 0.0969. The van der Waals surface area contributed by atoms with Crippen molar-refractivity contribution in [3.8, 4) is 11.1 Å². The maximum atomic E-state index is 13.0. The number of pyridine rings is 1. The van der Waals surface area contributed by atoms with E-state index < -0.39 is 11.7 Å². The third-order valence-corrected chi connectivity index (χ3v) is 4.86. The molecule has 2 N–H and O–H groups in total. The Hall–Kier alpha value is -3.15. The van der Waals surface area contributed by atoms with Crippen molar-refractivity contribution >= 4 is 45.9 Å². The number of benzene rings is 2. The molecule has 28 heavy (non-hydrogen) atoms. The minimum absolute atomic E-state index is 0.0174. The highest BCUT2D eigenvalue weighted by Gasteiger charge is 2.26. The number of hydrogen-bond donors (Lipinski definition) is 1. The van der Waals surface area contributed by atoms with Crippen LogP contribution in [0.2, 0.25) is 10.0 Å². The van der Waals surface area contributed by atoms with Crippen LogP contribution in [-0.2, 0) is 0 Å². The zero-order valence-corrected chi connectivity index (χ0v) is 15.8. The summed E-state index contributed by atoms with van der Waals surface area (Å²) in [5.41, 5.74) is 7.78. The standard InChI is InChI=1S/C21H12Cl2N2O3/c22-13-4-6-14(16(23)9-13)19(26)20-18(21(24)27)15-5-3-11(8-17(15)28-20)12-2-1-7-25-10-12/h1-10H,(H2,24,27). The molecular weight excluding hydrogens is 399 g/mol. The summed E-state index contributed by atoms with van der Waals surface area (Å²) in [7, 11) is 0. The Kier molecular flexibility index (Phi) is 4.63. The van der Waals surface area contributed by atoms with Crippen molar-refractivity contribution in [2.75, 3.05) is 0 Å². The molecule has 4 aromatic rings. The van der Waals surface area contributed by atoms with E-state index in [0.717, 1.165) is 11.1 Å². The minimum Gasteiger partial charge on any atom is -0.452 e. The van der Waals surface area contributed by atoms with Gasteiger partial charge in [0.25, 0.3) is 5.91 Å². The topological polar surface area (TPSA) is 86.2 Å². The van der Waals surface area contributed by atoms with Crippen LogP contribution >= 0.6 is 23.2 Å². The normalized spacial score (nSPS) is 10.9. The van der Waals surface area contributed by atoms with Crippen molar-refractivity contribution in [3.63, 3.8) is 0 Å². The predicted molar refractivity (Wildman–Crippen MR) is 108 cm³/mol. The first-order valence-corrected chi connectivity index (χ1v) is 8.98. The number of carbonyl (C=O) groups excluding carboxylic acids is 2. The third kappa shape index (κ3) is 3.15. The summed E-state index contributed by atoms with van der Waals surface area (Å²) >= 11 is 12.0. The number of ketones is 1. The number of carbonyl (C=O) groups is 2. The van der Waals surface area contributed by atoms with Gasteiger partial charge < -0.3 is 10.2 Å². The largest absolute Gasteiger partial charge is 0.452 e. The number of nitrogens with zero attached hydrogens (tertiary/aromatic N) is 1. The molecule has 0 saturated carbocycles. The molecule has 0 radical (unpaired) electrons. The van der Waals surface area contributed by atoms with Gasteiger partial charge in [0.2, 0.25) is 5.78 Å². The van der Waals surface area contributed by atoms with Gasteiger partial charge in [-0.25, -0.2) is 0 Å². The molecular formula is C21H12Cl2N2O3. The molecule has 2 aromatic heterocycles. The van der Waals surface area contributed by atoms with E-state index in [-0.39, 0.29) is 21.9 Å². The van der Waals surface area contributed by atoms with Crippen LogP contribution in [0.4, 0.5) is 0 Å². The molecule has 0 bridgehead atoms. The molecule has 138 valence electrons. The average molecular weight is 411 g/mol. The van der Waals surface area contributed by atoms with Crippen molar-refractivity contribution < 1.29 is 14.0 Å². The second kappa shape index (κ2) is 7.11. The molecule has 0 aliphatic heterocycles. The third-order valence-electron chi connectivity index (χ3n) is 4.31. The Morgan fingerprint density at radius 1 is 1.00 bits per heavy atom. The van der Waals surface area contributed by atoms with Crippen molar-refractivity contribution in [1.82, 2.24) is 4.98 Å². The molecule has 0 unspecified atom stereocenters. The molecule has 0 aliphatic rings. The van der Waals surface area contributed by atoms with Crippen LogP contribution in [0.15, 0.2) is 65.3 Å². The van der Waals surface area contributed by atoms with Crippen LogP contribution < -0.4 is 5.73 Å². The summed E-state index contributed by atoms with van der Waals surface area (Å²) in [6, 6.07) is 13.4. The van der Waals surface area contributed by atoms with Gasteiger partial charge in [0.1, 0.15) is 5.58 Å². The lowest BCUT2D eigenvalue weighted by Gasteiger charge is -2.03. The van der Waals surface area contributed by atoms with E-state index in [9.17, 15) is 9.59 Å². The fraction of sp³-hybridized carbons (Fsp3) is 0. The van der Waals surface area contributed by atoms with E-state index in [4.69, 9.17) is 33.4 Å². The highest BCUT2D eigenvalue weighted by Crippen LogP contribution is 2.33. The predicted octanol–water partition coefficient (Wildman–Crippen LogP) is 5.13. The summed E-state index contributed by atoms with van der Waals surface area (Å²) in [6.07, 6.45) is 3.38. The van der Waals surface area contributed by atoms with Crippen molar-refractivity contribution in [3.05, 3.63) is 87.9 Å². The quantitative estimate of drug-likeness (QED) is 0.472. The van der Waals surface area contributed by atoms with Gasteiger partial charge in [-0.1, -0.05) is 35.3 Å². The number of nitrogens with two attached hydrogens (primary N) is 1. The highest BCUT2D eigenvalue weighted by atomic mass is 35.5. The van der Waals surface area contributed by atoms with E-state index in [1.165, 1.54) is 18.2 Å². The second-order valence-corrected chi connectivity index (χ2v) is 6.92. The van der Waals surface area contributed by atoms with Gasteiger partial charge in [-0.2, -0.15) is 0 Å². The van der Waals surface area contributed by atoms with E-state index in [1.54, 1.807) is 24.5 Å². The molecule has 0 saturated heterocycles. The Bertz CT molecular complexity index is 1230. The number of amides is 1. The number of primary amides is 1. The number of rotatable bonds is 4. The van der Waals surface area contributed by atoms with Crippen molar-refractivity contribution in [2.24, 2.45) is 5.73 Å². The SMILES string of the molecule is NC(=O)c1c(C(=O)c2ccc(Cl)cc2Cl)oc2cc(-c3cccnc3)ccc12. The second-order valence-electron chi connectivity index (χ2n) is 6.08. The van der Waals surface area contributed by atoms with Gasteiger partial charge >= 0.3 is 0 Å². The van der Waals surface area contributed by atoms with Crippen LogP contribution in [-0.4, -0.2) is 16.7 Å². The van der Waals surface area contributed by atoms with Crippen LogP contribution in [0.5, 0.6) is 0 Å². The van der Waals surface area contributed by atoms with Crippen LogP contribution in [0.3, 0.4) is 0 Å². The van der Waals surface area contributed by atoms with Gasteiger partial charge in [0, 0.05) is 33.9 Å². The van der Waals surface area contributed by atoms with Gasteiger partial charge in [0.15, 0.2) is 5.76 Å². The Balaban J connectivity index is 1.89. The summed E-state index contributed by atoms with van der Waals surface area (Å²) in [5, 5.41) is 1.00. The van der Waals surface area contributed by atoms with E-state index in [1.807, 2.05) is 18.2 Å². The zero-order chi connectivity index (χ0) is 19.8. The average Bonchev–Trinajstić information content (AvgIpc) is 3.07. The molecule has 1 amide bonds. The summed E-state index contributed by atoms with van der Waals surface area (Å²) in [5.74, 6) is -1.47. The maximum Gasteiger partial charge on any atom is 0.253 e. The number of hydrogen-bond acceptors (Lipinski definition) is 4. The molecule has 0 spiro atoms. The van der Waals surface area contributed by atoms with E-state index in [2.05, 4.69) is 4.98 Å². The minimum atomic E-state index is -0.763. The molecule has 2 aromatic carbocycles. The molecule has 2 heterocycles. The highest BCUT2D eigenvalue weighted by molar-refractivity contribution is 6.37. The van der Waals surface area contributed by atoms with Gasteiger partial charge in [-0.3, -0.25) is 14.6 Å². The molecule has 4 rings (SSSR count). The summed E-state index contributed by atoms with van der Waals surface area (Å²) in [4.78, 5) is 29.2. The van der Waals surface area contributed by atoms with Crippen molar-refractivity contribution in [2.45, 2.75) is 0 Å². The lowest BCUT2D eigenvalue weighted by Crippen LogP contribution is -2.15. The fourth-order valence-corrected chi connectivity index (χ4v) is 3.50. The number of halogens is 2. The number of aromatic nitrogens is 1. The zero-order valence-electron chi connectivity index (χ0n) is 14.3. The van der Waals surface area contributed by atoms with E-state index >= 15 is 0 Å². The van der Waals surface area contributed by atoms with Gasteiger partial charge in [-0.15, -0.1) is 0 Å². The molecule has 7 heteroatoms. The summed E-state index contributed by atoms with van der Waals surface area (Å²) in [6.45, 7) is 0. The first-order valence-electron chi connectivity index (χ1n) is 8.22. The Morgan fingerprint density at radius 2 is 1.82 bits per heavy atom. The fourth-order valence-electron chi connectivity index (χ4n) is 3.01. The van der Waals surface area contributed by atoms with Crippen LogP contribution in [0, 0.1) is 0 Å². The first kappa shape index (κ1) is 18.2. The van der Waals surface area contributed by atoms with Crippen molar-refractivity contribution in [1.29, 1.82) is 0 Å². The Morgan fingerprint density at radius 3 is 2.50 bits per heavy atom. The van der Waals surface area contributed by atoms with Gasteiger partial charge in [-0.05, 0) is 42.0 Å². The van der Waals surface area contributed by atoms with Crippen LogP contribution in [0.25, 0.3) is 22.1 Å². The van der Waals surface area contributed by atoms with Crippen LogP contribution in [0.1, 0.15) is 26.5 Å². The molecule has 0 atom stereocenters. The smallest absolute Gasteiger partial charge is 0.253 e. The summed E-state index contributed by atoms with van der Waals surface area (Å²) < 4.78 is 5.76. The monoisotopic (exact) mass is 410 g/mol. The van der Waals surface area contributed by atoms with E-state index in [0.29, 0.717) is 16.0 Å². The first-order chi connectivity index (χ1) is 13.5. The number of furan rings is 1. The molecule has 0 fully saturated rings. The maximum absolute atomic E-state index is 13.0. The molecule has 0 aliphatic carbocycles. The Labute approximate surface area is 169 Å². The number of fused-ring (bicyclic) bond motifs is 1.